The van der Waals surface area contributed by atoms with Crippen LogP contribution in [0.3, 0.4) is 0 Å². The number of aliphatic hydroxyl groups is 1. The Balaban J connectivity index is 2.30. The normalized spacial score (nSPS) is 11.5. The Morgan fingerprint density at radius 1 is 1.30 bits per heavy atom. The summed E-state index contributed by atoms with van der Waals surface area (Å²) in [5, 5.41) is 14.1. The lowest BCUT2D eigenvalue weighted by atomic mass is 10.1. The molecule has 110 valence electrons. The van der Waals surface area contributed by atoms with Gasteiger partial charge in [0.15, 0.2) is 0 Å². The van der Waals surface area contributed by atoms with Crippen molar-refractivity contribution in [1.82, 2.24) is 10.6 Å². The predicted molar refractivity (Wildman–Crippen MR) is 73.9 cm³/mol. The van der Waals surface area contributed by atoms with Crippen molar-refractivity contribution < 1.29 is 19.4 Å². The standard InChI is InChI=1S/C14H20N2O4/c1-15-13(18)8-7-12(9-17)16-14(19)20-10-11-5-3-2-4-6-11/h2-6,12,17H,7-10H2,1H3,(H,15,18)(H,16,19). The van der Waals surface area contributed by atoms with Crippen LogP contribution < -0.4 is 10.6 Å². The number of carbonyl (C=O) groups excluding carboxylic acids is 2. The van der Waals surface area contributed by atoms with Crippen LogP contribution >= 0.6 is 0 Å². The van der Waals surface area contributed by atoms with Gasteiger partial charge in [-0.2, -0.15) is 0 Å². The molecule has 0 saturated carbocycles. The molecule has 0 radical (unpaired) electrons. The molecule has 1 rings (SSSR count). The van der Waals surface area contributed by atoms with Gasteiger partial charge in [0, 0.05) is 13.5 Å². The molecule has 0 bridgehead atoms. The number of rotatable bonds is 7. The number of benzene rings is 1. The highest BCUT2D eigenvalue weighted by Crippen LogP contribution is 2.02. The van der Waals surface area contributed by atoms with Crippen molar-refractivity contribution >= 4 is 12.0 Å². The Morgan fingerprint density at radius 3 is 2.60 bits per heavy atom. The molecule has 0 fully saturated rings. The molecule has 0 aliphatic heterocycles. The molecule has 0 spiro atoms. The second-order valence-corrected chi connectivity index (χ2v) is 4.30. The monoisotopic (exact) mass is 280 g/mol. The lowest BCUT2D eigenvalue weighted by Crippen LogP contribution is -2.38. The van der Waals surface area contributed by atoms with Crippen LogP contribution in [0, 0.1) is 0 Å². The minimum atomic E-state index is -0.607. The zero-order valence-corrected chi connectivity index (χ0v) is 11.5. The summed E-state index contributed by atoms with van der Waals surface area (Å²) in [7, 11) is 1.54. The summed E-state index contributed by atoms with van der Waals surface area (Å²) >= 11 is 0. The first-order chi connectivity index (χ1) is 9.65. The zero-order valence-electron chi connectivity index (χ0n) is 11.5. The van der Waals surface area contributed by atoms with Crippen LogP contribution in [0.1, 0.15) is 18.4 Å². The van der Waals surface area contributed by atoms with E-state index in [1.165, 1.54) is 7.05 Å². The van der Waals surface area contributed by atoms with E-state index in [1.54, 1.807) is 0 Å². The molecule has 0 aromatic heterocycles. The van der Waals surface area contributed by atoms with Gasteiger partial charge in [-0.25, -0.2) is 4.79 Å². The second-order valence-electron chi connectivity index (χ2n) is 4.30. The van der Waals surface area contributed by atoms with Gasteiger partial charge in [0.25, 0.3) is 0 Å². The maximum Gasteiger partial charge on any atom is 0.407 e. The first-order valence-corrected chi connectivity index (χ1v) is 6.44. The van der Waals surface area contributed by atoms with Crippen molar-refractivity contribution in [3.63, 3.8) is 0 Å². The molecule has 0 heterocycles. The van der Waals surface area contributed by atoms with E-state index in [0.717, 1.165) is 5.56 Å². The van der Waals surface area contributed by atoms with Gasteiger partial charge in [-0.3, -0.25) is 4.79 Å². The summed E-state index contributed by atoms with van der Waals surface area (Å²) in [5.74, 6) is -0.136. The molecule has 6 nitrogen and oxygen atoms in total. The third kappa shape index (κ3) is 6.19. The highest BCUT2D eigenvalue weighted by molar-refractivity contribution is 5.75. The van der Waals surface area contributed by atoms with Gasteiger partial charge in [0.05, 0.1) is 12.6 Å². The Bertz CT molecular complexity index is 422. The van der Waals surface area contributed by atoms with Crippen molar-refractivity contribution in [3.05, 3.63) is 35.9 Å². The third-order valence-corrected chi connectivity index (χ3v) is 2.75. The Hall–Kier alpha value is -2.08. The second kappa shape index (κ2) is 8.92. The topological polar surface area (TPSA) is 87.7 Å². The smallest absolute Gasteiger partial charge is 0.407 e. The van der Waals surface area contributed by atoms with E-state index in [0.29, 0.717) is 6.42 Å². The molecule has 0 saturated heterocycles. The van der Waals surface area contributed by atoms with E-state index in [1.807, 2.05) is 30.3 Å². The average molecular weight is 280 g/mol. The fourth-order valence-corrected chi connectivity index (χ4v) is 1.57. The van der Waals surface area contributed by atoms with Crippen LogP contribution in [-0.4, -0.2) is 36.8 Å². The van der Waals surface area contributed by atoms with Gasteiger partial charge in [-0.05, 0) is 12.0 Å². The van der Waals surface area contributed by atoms with E-state index >= 15 is 0 Å². The molecule has 2 amide bonds. The SMILES string of the molecule is CNC(=O)CCC(CO)NC(=O)OCc1ccccc1. The van der Waals surface area contributed by atoms with Crippen LogP contribution in [0.5, 0.6) is 0 Å². The summed E-state index contributed by atoms with van der Waals surface area (Å²) in [6.07, 6.45) is -0.0121. The fraction of sp³-hybridized carbons (Fsp3) is 0.429. The number of carbonyl (C=O) groups is 2. The van der Waals surface area contributed by atoms with E-state index in [2.05, 4.69) is 10.6 Å². The molecule has 0 aliphatic rings. The third-order valence-electron chi connectivity index (χ3n) is 2.75. The molecular weight excluding hydrogens is 260 g/mol. The highest BCUT2D eigenvalue weighted by atomic mass is 16.5. The van der Waals surface area contributed by atoms with Crippen LogP contribution in [0.15, 0.2) is 30.3 Å². The molecule has 3 N–H and O–H groups in total. The van der Waals surface area contributed by atoms with E-state index in [9.17, 15) is 9.59 Å². The summed E-state index contributed by atoms with van der Waals surface area (Å²) in [5.41, 5.74) is 0.883. The lowest BCUT2D eigenvalue weighted by molar-refractivity contribution is -0.120. The van der Waals surface area contributed by atoms with Crippen molar-refractivity contribution in [2.75, 3.05) is 13.7 Å². The van der Waals surface area contributed by atoms with Crippen LogP contribution in [0.25, 0.3) is 0 Å². The van der Waals surface area contributed by atoms with Crippen molar-refractivity contribution in [3.8, 4) is 0 Å². The van der Waals surface area contributed by atoms with Crippen molar-refractivity contribution in [1.29, 1.82) is 0 Å². The van der Waals surface area contributed by atoms with Crippen molar-refractivity contribution in [2.45, 2.75) is 25.5 Å². The largest absolute Gasteiger partial charge is 0.445 e. The van der Waals surface area contributed by atoms with Gasteiger partial charge in [-0.1, -0.05) is 30.3 Å². The van der Waals surface area contributed by atoms with Crippen LogP contribution in [0.2, 0.25) is 0 Å². The van der Waals surface area contributed by atoms with Crippen LogP contribution in [0.4, 0.5) is 4.79 Å². The van der Waals surface area contributed by atoms with E-state index in [-0.39, 0.29) is 25.5 Å². The first-order valence-electron chi connectivity index (χ1n) is 6.44. The van der Waals surface area contributed by atoms with Crippen LogP contribution in [-0.2, 0) is 16.1 Å². The lowest BCUT2D eigenvalue weighted by Gasteiger charge is -2.15. The molecule has 1 aromatic carbocycles. The number of hydrogen-bond donors (Lipinski definition) is 3. The number of ether oxygens (including phenoxy) is 1. The Kier molecular flexibility index (Phi) is 7.13. The Labute approximate surface area is 118 Å². The average Bonchev–Trinajstić information content (AvgIpc) is 2.49. The number of hydrogen-bond acceptors (Lipinski definition) is 4. The minimum absolute atomic E-state index is 0.136. The summed E-state index contributed by atoms with van der Waals surface area (Å²) in [4.78, 5) is 22.6. The fourth-order valence-electron chi connectivity index (χ4n) is 1.57. The van der Waals surface area contributed by atoms with Crippen molar-refractivity contribution in [2.24, 2.45) is 0 Å². The molecule has 0 aliphatic carbocycles. The number of amides is 2. The van der Waals surface area contributed by atoms with Gasteiger partial charge < -0.3 is 20.5 Å². The van der Waals surface area contributed by atoms with E-state index in [4.69, 9.17) is 9.84 Å². The molecular formula is C14H20N2O4. The van der Waals surface area contributed by atoms with E-state index < -0.39 is 12.1 Å². The van der Waals surface area contributed by atoms with Gasteiger partial charge in [0.1, 0.15) is 6.61 Å². The van der Waals surface area contributed by atoms with Gasteiger partial charge >= 0.3 is 6.09 Å². The van der Waals surface area contributed by atoms with Gasteiger partial charge in [0.2, 0.25) is 5.91 Å². The minimum Gasteiger partial charge on any atom is -0.445 e. The predicted octanol–water partition coefficient (Wildman–Crippen LogP) is 0.800. The molecule has 1 aromatic rings. The Morgan fingerprint density at radius 2 is 2.00 bits per heavy atom. The molecule has 20 heavy (non-hydrogen) atoms. The molecule has 1 unspecified atom stereocenters. The maximum atomic E-state index is 11.6. The quantitative estimate of drug-likeness (QED) is 0.689. The number of aliphatic hydroxyl groups excluding tert-OH is 1. The zero-order chi connectivity index (χ0) is 14.8. The highest BCUT2D eigenvalue weighted by Gasteiger charge is 2.13. The maximum absolute atomic E-state index is 11.6. The summed E-state index contributed by atoms with van der Waals surface area (Å²) < 4.78 is 5.03. The van der Waals surface area contributed by atoms with Gasteiger partial charge in [-0.15, -0.1) is 0 Å². The number of alkyl carbamates (subject to hydrolysis) is 1. The molecule has 1 atom stereocenters. The molecule has 6 heteroatoms. The summed E-state index contributed by atoms with van der Waals surface area (Å²) in [6, 6.07) is 8.80. The summed E-state index contributed by atoms with van der Waals surface area (Å²) in [6.45, 7) is -0.0717. The number of nitrogens with one attached hydrogen (secondary N) is 2. The first kappa shape index (κ1) is 16.0.